The molecule has 0 aliphatic heterocycles. The van der Waals surface area contributed by atoms with Crippen molar-refractivity contribution in [2.45, 2.75) is 0 Å². The lowest BCUT2D eigenvalue weighted by molar-refractivity contribution is -0.113. The van der Waals surface area contributed by atoms with E-state index in [1.807, 2.05) is 42.5 Å². The highest BCUT2D eigenvalue weighted by Crippen LogP contribution is 2.29. The van der Waals surface area contributed by atoms with Gasteiger partial charge in [-0.2, -0.15) is 0 Å². The number of carbonyl (C=O) groups is 1. The van der Waals surface area contributed by atoms with Crippen LogP contribution in [0.2, 0.25) is 0 Å². The lowest BCUT2D eigenvalue weighted by Crippen LogP contribution is -2.13. The summed E-state index contributed by atoms with van der Waals surface area (Å²) in [4.78, 5) is 14.8. The number of H-pyrrole nitrogens is 1. The number of halogens is 1. The third-order valence-electron chi connectivity index (χ3n) is 3.14. The molecule has 4 heteroatoms. The van der Waals surface area contributed by atoms with Crippen LogP contribution < -0.4 is 5.32 Å². The zero-order chi connectivity index (χ0) is 13.9. The average molecular weight is 285 g/mol. The second-order valence-corrected chi connectivity index (χ2v) is 4.76. The smallest absolute Gasteiger partial charge is 0.239 e. The SMILES string of the molecule is O=C(CCl)Nc1ccccc1-c1cc2ccccc2[nH]1. The van der Waals surface area contributed by atoms with Crippen LogP contribution in [-0.2, 0) is 4.79 Å². The molecule has 0 radical (unpaired) electrons. The summed E-state index contributed by atoms with van der Waals surface area (Å²) in [6.07, 6.45) is 0. The van der Waals surface area contributed by atoms with Crippen LogP contribution >= 0.6 is 11.6 Å². The summed E-state index contributed by atoms with van der Waals surface area (Å²) < 4.78 is 0. The second kappa shape index (κ2) is 5.39. The standard InChI is InChI=1S/C16H13ClN2O/c17-10-16(20)19-14-8-4-2-6-12(14)15-9-11-5-1-3-7-13(11)18-15/h1-9,18H,10H2,(H,19,20). The molecule has 1 amide bonds. The molecule has 20 heavy (non-hydrogen) atoms. The summed E-state index contributed by atoms with van der Waals surface area (Å²) in [5.41, 5.74) is 3.74. The molecule has 2 N–H and O–H groups in total. The Morgan fingerprint density at radius 3 is 2.65 bits per heavy atom. The van der Waals surface area contributed by atoms with Crippen molar-refractivity contribution in [3.8, 4) is 11.3 Å². The first-order chi connectivity index (χ1) is 9.78. The fourth-order valence-electron chi connectivity index (χ4n) is 2.23. The first-order valence-electron chi connectivity index (χ1n) is 6.31. The van der Waals surface area contributed by atoms with E-state index >= 15 is 0 Å². The maximum absolute atomic E-state index is 11.5. The van der Waals surface area contributed by atoms with E-state index in [2.05, 4.69) is 22.4 Å². The van der Waals surface area contributed by atoms with Gasteiger partial charge in [0.15, 0.2) is 0 Å². The van der Waals surface area contributed by atoms with Gasteiger partial charge in [0.25, 0.3) is 0 Å². The first kappa shape index (κ1) is 12.8. The molecule has 0 unspecified atom stereocenters. The Morgan fingerprint density at radius 1 is 1.10 bits per heavy atom. The summed E-state index contributed by atoms with van der Waals surface area (Å²) in [6, 6.07) is 17.8. The van der Waals surface area contributed by atoms with Gasteiger partial charge in [-0.1, -0.05) is 36.4 Å². The molecule has 0 spiro atoms. The van der Waals surface area contributed by atoms with Crippen molar-refractivity contribution in [2.75, 3.05) is 11.2 Å². The summed E-state index contributed by atoms with van der Waals surface area (Å²) in [6.45, 7) is 0. The minimum Gasteiger partial charge on any atom is -0.354 e. The number of benzene rings is 2. The normalized spacial score (nSPS) is 10.7. The van der Waals surface area contributed by atoms with Crippen LogP contribution in [0, 0.1) is 0 Å². The number of carbonyl (C=O) groups excluding carboxylic acids is 1. The topological polar surface area (TPSA) is 44.9 Å². The lowest BCUT2D eigenvalue weighted by Gasteiger charge is -2.08. The average Bonchev–Trinajstić information content (AvgIpc) is 2.91. The van der Waals surface area contributed by atoms with E-state index in [9.17, 15) is 4.79 Å². The molecule has 1 heterocycles. The molecule has 0 saturated heterocycles. The van der Waals surface area contributed by atoms with Crippen LogP contribution in [0.5, 0.6) is 0 Å². The molecule has 0 fully saturated rings. The summed E-state index contributed by atoms with van der Waals surface area (Å²) in [7, 11) is 0. The molecule has 0 aliphatic rings. The van der Waals surface area contributed by atoms with E-state index in [0.29, 0.717) is 0 Å². The van der Waals surface area contributed by atoms with Gasteiger partial charge in [0.2, 0.25) is 5.91 Å². The number of amides is 1. The minimum atomic E-state index is -0.213. The molecule has 3 rings (SSSR count). The van der Waals surface area contributed by atoms with E-state index in [4.69, 9.17) is 11.6 Å². The summed E-state index contributed by atoms with van der Waals surface area (Å²) in [5, 5.41) is 3.95. The van der Waals surface area contributed by atoms with Crippen molar-refractivity contribution in [3.05, 3.63) is 54.6 Å². The molecule has 1 aromatic heterocycles. The molecule has 0 atom stereocenters. The maximum Gasteiger partial charge on any atom is 0.239 e. The number of fused-ring (bicyclic) bond motifs is 1. The number of aromatic nitrogens is 1. The Kier molecular flexibility index (Phi) is 3.44. The molecule has 100 valence electrons. The Labute approximate surface area is 121 Å². The molecule has 3 aromatic rings. The molecule has 0 saturated carbocycles. The monoisotopic (exact) mass is 284 g/mol. The predicted octanol–water partition coefficient (Wildman–Crippen LogP) is 4.01. The van der Waals surface area contributed by atoms with Gasteiger partial charge in [0.05, 0.1) is 5.69 Å². The van der Waals surface area contributed by atoms with Gasteiger partial charge in [-0.15, -0.1) is 11.6 Å². The van der Waals surface area contributed by atoms with Gasteiger partial charge in [0, 0.05) is 22.2 Å². The number of rotatable bonds is 3. The molecule has 3 nitrogen and oxygen atoms in total. The van der Waals surface area contributed by atoms with Gasteiger partial charge >= 0.3 is 0 Å². The Bertz CT molecular complexity index is 731. The second-order valence-electron chi connectivity index (χ2n) is 4.50. The number of hydrogen-bond acceptors (Lipinski definition) is 1. The van der Waals surface area contributed by atoms with Gasteiger partial charge in [0.1, 0.15) is 5.88 Å². The van der Waals surface area contributed by atoms with Crippen molar-refractivity contribution in [2.24, 2.45) is 0 Å². The molecule has 0 bridgehead atoms. The Morgan fingerprint density at radius 2 is 1.85 bits per heavy atom. The van der Waals surface area contributed by atoms with Gasteiger partial charge in [-0.25, -0.2) is 0 Å². The third kappa shape index (κ3) is 2.40. The number of alkyl halides is 1. The van der Waals surface area contributed by atoms with E-state index in [1.165, 1.54) is 0 Å². The maximum atomic E-state index is 11.5. The van der Waals surface area contributed by atoms with Crippen LogP contribution in [0.3, 0.4) is 0 Å². The number of anilines is 1. The van der Waals surface area contributed by atoms with E-state index in [-0.39, 0.29) is 11.8 Å². The van der Waals surface area contributed by atoms with Crippen LogP contribution in [0.15, 0.2) is 54.6 Å². The first-order valence-corrected chi connectivity index (χ1v) is 6.84. The quantitative estimate of drug-likeness (QED) is 0.701. The highest BCUT2D eigenvalue weighted by molar-refractivity contribution is 6.29. The number of aromatic amines is 1. The highest BCUT2D eigenvalue weighted by Gasteiger charge is 2.09. The van der Waals surface area contributed by atoms with Gasteiger partial charge in [-0.05, 0) is 18.2 Å². The predicted molar refractivity (Wildman–Crippen MR) is 83.1 cm³/mol. The zero-order valence-electron chi connectivity index (χ0n) is 10.7. The van der Waals surface area contributed by atoms with Crippen molar-refractivity contribution in [3.63, 3.8) is 0 Å². The van der Waals surface area contributed by atoms with Crippen molar-refractivity contribution < 1.29 is 4.79 Å². The van der Waals surface area contributed by atoms with Crippen LogP contribution in [0.4, 0.5) is 5.69 Å². The van der Waals surface area contributed by atoms with Crippen molar-refractivity contribution in [1.82, 2.24) is 4.98 Å². The largest absolute Gasteiger partial charge is 0.354 e. The van der Waals surface area contributed by atoms with Crippen molar-refractivity contribution >= 4 is 34.1 Å². The minimum absolute atomic E-state index is 0.0545. The van der Waals surface area contributed by atoms with E-state index in [0.717, 1.165) is 27.8 Å². The fraction of sp³-hybridized carbons (Fsp3) is 0.0625. The molecule has 2 aromatic carbocycles. The van der Waals surface area contributed by atoms with E-state index in [1.54, 1.807) is 0 Å². The van der Waals surface area contributed by atoms with Crippen LogP contribution in [-0.4, -0.2) is 16.8 Å². The highest BCUT2D eigenvalue weighted by atomic mass is 35.5. The number of para-hydroxylation sites is 2. The molecular formula is C16H13ClN2O. The van der Waals surface area contributed by atoms with Gasteiger partial charge in [-0.3, -0.25) is 4.79 Å². The number of hydrogen-bond donors (Lipinski definition) is 2. The molecule has 0 aliphatic carbocycles. The van der Waals surface area contributed by atoms with E-state index < -0.39 is 0 Å². The Balaban J connectivity index is 2.07. The molecular weight excluding hydrogens is 272 g/mol. The lowest BCUT2D eigenvalue weighted by atomic mass is 10.1. The van der Waals surface area contributed by atoms with Crippen molar-refractivity contribution in [1.29, 1.82) is 0 Å². The summed E-state index contributed by atoms with van der Waals surface area (Å²) >= 11 is 5.54. The van der Waals surface area contributed by atoms with Crippen LogP contribution in [0.1, 0.15) is 0 Å². The zero-order valence-corrected chi connectivity index (χ0v) is 11.4. The number of nitrogens with one attached hydrogen (secondary N) is 2. The third-order valence-corrected chi connectivity index (χ3v) is 3.39. The Hall–Kier alpha value is -2.26. The fourth-order valence-corrected chi connectivity index (χ4v) is 2.30. The van der Waals surface area contributed by atoms with Gasteiger partial charge < -0.3 is 10.3 Å². The summed E-state index contributed by atoms with van der Waals surface area (Å²) in [5.74, 6) is -0.267. The van der Waals surface area contributed by atoms with Crippen LogP contribution in [0.25, 0.3) is 22.2 Å².